The zero-order valence-corrected chi connectivity index (χ0v) is 9.17. The third-order valence-corrected chi connectivity index (χ3v) is 4.21. The lowest BCUT2D eigenvalue weighted by molar-refractivity contribution is 0.685. The van der Waals surface area contributed by atoms with Gasteiger partial charge in [0.15, 0.2) is 0 Å². The highest BCUT2D eigenvalue weighted by Gasteiger charge is 2.24. The fraction of sp³-hybridized carbons (Fsp3) is 0.0769. The topological polar surface area (TPSA) is 17.1 Å². The summed E-state index contributed by atoms with van der Waals surface area (Å²) in [7, 11) is -0.983. The molecule has 1 unspecified atom stereocenters. The number of rotatable bonds is 0. The molecule has 1 aliphatic rings. The lowest BCUT2D eigenvalue weighted by Gasteiger charge is -1.99. The van der Waals surface area contributed by atoms with Crippen molar-refractivity contribution in [1.82, 2.24) is 0 Å². The molecule has 2 aromatic rings. The van der Waals surface area contributed by atoms with Crippen molar-refractivity contribution in [3.05, 3.63) is 48.0 Å². The van der Waals surface area contributed by atoms with Gasteiger partial charge in [0.2, 0.25) is 0 Å². The lowest BCUT2D eigenvalue weighted by Crippen LogP contribution is -1.86. The maximum absolute atomic E-state index is 12.2. The van der Waals surface area contributed by atoms with Crippen molar-refractivity contribution in [2.45, 2.75) is 16.7 Å². The Labute approximate surface area is 91.2 Å². The minimum absolute atomic E-state index is 0.943. The molecule has 0 saturated carbocycles. The van der Waals surface area contributed by atoms with E-state index in [2.05, 4.69) is 12.1 Å². The standard InChI is InChI=1S/C13H10OS/c1-9-6-7-11-10-4-2-3-5-12(10)15(14)13(11)8-9/h2-8H,1H3. The highest BCUT2D eigenvalue weighted by atomic mass is 32.2. The van der Waals surface area contributed by atoms with Crippen LogP contribution in [0.4, 0.5) is 0 Å². The van der Waals surface area contributed by atoms with E-state index in [1.807, 2.05) is 37.3 Å². The largest absolute Gasteiger partial charge is 0.249 e. The smallest absolute Gasteiger partial charge is 0.0862 e. The summed E-state index contributed by atoms with van der Waals surface area (Å²) in [6.45, 7) is 2.03. The molecule has 0 amide bonds. The molecule has 15 heavy (non-hydrogen) atoms. The number of fused-ring (bicyclic) bond motifs is 3. The molecule has 2 aromatic carbocycles. The summed E-state index contributed by atoms with van der Waals surface area (Å²) in [6, 6.07) is 14.1. The van der Waals surface area contributed by atoms with Gasteiger partial charge in [-0.2, -0.15) is 0 Å². The Morgan fingerprint density at radius 3 is 2.53 bits per heavy atom. The summed E-state index contributed by atoms with van der Waals surface area (Å²) >= 11 is 0. The highest BCUT2D eigenvalue weighted by Crippen LogP contribution is 2.40. The second-order valence-electron chi connectivity index (χ2n) is 3.76. The third-order valence-electron chi connectivity index (χ3n) is 2.71. The maximum Gasteiger partial charge on any atom is 0.0862 e. The van der Waals surface area contributed by atoms with E-state index in [0.29, 0.717) is 0 Å². The van der Waals surface area contributed by atoms with Crippen LogP contribution in [-0.2, 0) is 10.8 Å². The first-order valence-electron chi connectivity index (χ1n) is 4.89. The molecule has 1 heterocycles. The van der Waals surface area contributed by atoms with Crippen molar-refractivity contribution in [2.24, 2.45) is 0 Å². The minimum atomic E-state index is -0.983. The van der Waals surface area contributed by atoms with E-state index in [1.54, 1.807) is 0 Å². The van der Waals surface area contributed by atoms with E-state index in [1.165, 1.54) is 0 Å². The van der Waals surface area contributed by atoms with Crippen LogP contribution in [-0.4, -0.2) is 4.21 Å². The zero-order valence-electron chi connectivity index (χ0n) is 8.36. The average molecular weight is 214 g/mol. The van der Waals surface area contributed by atoms with Crippen molar-refractivity contribution in [2.75, 3.05) is 0 Å². The first-order chi connectivity index (χ1) is 7.27. The molecule has 0 spiro atoms. The fourth-order valence-corrected chi connectivity index (χ4v) is 3.46. The lowest BCUT2D eigenvalue weighted by atomic mass is 10.0. The van der Waals surface area contributed by atoms with Gasteiger partial charge >= 0.3 is 0 Å². The molecule has 1 nitrogen and oxygen atoms in total. The highest BCUT2D eigenvalue weighted by molar-refractivity contribution is 7.85. The first-order valence-corrected chi connectivity index (χ1v) is 6.04. The normalized spacial score (nSPS) is 17.3. The molecule has 1 aliphatic heterocycles. The molecule has 2 heteroatoms. The SMILES string of the molecule is Cc1ccc2c(c1)S(=O)c1ccccc1-2. The number of hydrogen-bond donors (Lipinski definition) is 0. The second-order valence-corrected chi connectivity index (χ2v) is 5.18. The molecule has 0 saturated heterocycles. The number of aryl methyl sites for hydroxylation is 1. The summed E-state index contributed by atoms with van der Waals surface area (Å²) in [4.78, 5) is 1.90. The number of benzene rings is 2. The van der Waals surface area contributed by atoms with E-state index in [0.717, 1.165) is 26.5 Å². The molecule has 0 aromatic heterocycles. The molecule has 0 fully saturated rings. The molecule has 0 radical (unpaired) electrons. The van der Waals surface area contributed by atoms with Crippen molar-refractivity contribution < 1.29 is 4.21 Å². The van der Waals surface area contributed by atoms with Crippen molar-refractivity contribution in [3.63, 3.8) is 0 Å². The Kier molecular flexibility index (Phi) is 1.80. The van der Waals surface area contributed by atoms with Crippen LogP contribution in [0.2, 0.25) is 0 Å². The molecular formula is C13H10OS. The first kappa shape index (κ1) is 8.86. The Hall–Kier alpha value is -1.41. The summed E-state index contributed by atoms with van der Waals surface area (Å²) in [5, 5.41) is 0. The molecule has 3 rings (SSSR count). The quantitative estimate of drug-likeness (QED) is 0.562. The van der Waals surface area contributed by atoms with Crippen LogP contribution in [0.25, 0.3) is 11.1 Å². The Morgan fingerprint density at radius 1 is 0.933 bits per heavy atom. The van der Waals surface area contributed by atoms with Gasteiger partial charge in [0.05, 0.1) is 20.6 Å². The van der Waals surface area contributed by atoms with Gasteiger partial charge < -0.3 is 0 Å². The van der Waals surface area contributed by atoms with Gasteiger partial charge in [-0.3, -0.25) is 0 Å². The molecule has 0 N–H and O–H groups in total. The Bertz CT molecular complexity index is 572. The van der Waals surface area contributed by atoms with Crippen LogP contribution in [0.5, 0.6) is 0 Å². The summed E-state index contributed by atoms with van der Waals surface area (Å²) in [5.74, 6) is 0. The summed E-state index contributed by atoms with van der Waals surface area (Å²) in [5.41, 5.74) is 3.40. The van der Waals surface area contributed by atoms with Gasteiger partial charge in [-0.25, -0.2) is 4.21 Å². The average Bonchev–Trinajstić information content (AvgIpc) is 2.54. The molecule has 74 valence electrons. The van der Waals surface area contributed by atoms with Gasteiger partial charge in [0, 0.05) is 0 Å². The molecular weight excluding hydrogens is 204 g/mol. The predicted molar refractivity (Wildman–Crippen MR) is 61.3 cm³/mol. The van der Waals surface area contributed by atoms with Crippen LogP contribution in [0.3, 0.4) is 0 Å². The van der Waals surface area contributed by atoms with Gasteiger partial charge in [0.1, 0.15) is 0 Å². The van der Waals surface area contributed by atoms with Crippen molar-refractivity contribution in [3.8, 4) is 11.1 Å². The van der Waals surface area contributed by atoms with E-state index in [9.17, 15) is 4.21 Å². The Balaban J connectivity index is 2.38. The van der Waals surface area contributed by atoms with Crippen LogP contribution < -0.4 is 0 Å². The summed E-state index contributed by atoms with van der Waals surface area (Å²) < 4.78 is 12.2. The van der Waals surface area contributed by atoms with Crippen molar-refractivity contribution in [1.29, 1.82) is 0 Å². The minimum Gasteiger partial charge on any atom is -0.249 e. The van der Waals surface area contributed by atoms with E-state index in [-0.39, 0.29) is 0 Å². The fourth-order valence-electron chi connectivity index (χ4n) is 1.97. The van der Waals surface area contributed by atoms with Gasteiger partial charge in [0.25, 0.3) is 0 Å². The predicted octanol–water partition coefficient (Wildman–Crippen LogP) is 3.14. The molecule has 0 bridgehead atoms. The number of hydrogen-bond acceptors (Lipinski definition) is 1. The third kappa shape index (κ3) is 1.18. The van der Waals surface area contributed by atoms with Gasteiger partial charge in [-0.15, -0.1) is 0 Å². The second kappa shape index (κ2) is 3.04. The van der Waals surface area contributed by atoms with E-state index in [4.69, 9.17) is 0 Å². The molecule has 1 atom stereocenters. The Morgan fingerprint density at radius 2 is 1.67 bits per heavy atom. The maximum atomic E-state index is 12.2. The zero-order chi connectivity index (χ0) is 10.4. The van der Waals surface area contributed by atoms with Crippen LogP contribution in [0.1, 0.15) is 5.56 Å². The molecule has 0 aliphatic carbocycles. The summed E-state index contributed by atoms with van der Waals surface area (Å²) in [6.07, 6.45) is 0. The van der Waals surface area contributed by atoms with Crippen LogP contribution >= 0.6 is 0 Å². The monoisotopic (exact) mass is 214 g/mol. The van der Waals surface area contributed by atoms with Crippen LogP contribution in [0, 0.1) is 6.92 Å². The van der Waals surface area contributed by atoms with E-state index >= 15 is 0 Å². The van der Waals surface area contributed by atoms with Crippen LogP contribution in [0.15, 0.2) is 52.3 Å². The van der Waals surface area contributed by atoms with E-state index < -0.39 is 10.8 Å². The van der Waals surface area contributed by atoms with Gasteiger partial charge in [-0.05, 0) is 35.7 Å². The van der Waals surface area contributed by atoms with Gasteiger partial charge in [-0.1, -0.05) is 30.3 Å². The van der Waals surface area contributed by atoms with Crippen molar-refractivity contribution >= 4 is 10.8 Å².